The van der Waals surface area contributed by atoms with Crippen molar-refractivity contribution in [1.29, 1.82) is 0 Å². The van der Waals surface area contributed by atoms with Gasteiger partial charge >= 0.3 is 5.97 Å². The molecule has 0 aliphatic rings. The van der Waals surface area contributed by atoms with Gasteiger partial charge in [0.05, 0.1) is 5.02 Å². The predicted octanol–water partition coefficient (Wildman–Crippen LogP) is 2.65. The molecule has 0 aromatic carbocycles. The van der Waals surface area contributed by atoms with Gasteiger partial charge in [-0.05, 0) is 24.5 Å². The topological polar surface area (TPSA) is 62.2 Å². The molecule has 0 spiro atoms. The van der Waals surface area contributed by atoms with Crippen LogP contribution in [0.3, 0.4) is 0 Å². The van der Waals surface area contributed by atoms with E-state index < -0.39 is 12.0 Å². The van der Waals surface area contributed by atoms with Crippen LogP contribution in [0.1, 0.15) is 20.3 Å². The summed E-state index contributed by atoms with van der Waals surface area (Å²) in [5.74, 6) is -0.0381. The molecule has 0 unspecified atom stereocenters. The van der Waals surface area contributed by atoms with Crippen molar-refractivity contribution in [3.05, 3.63) is 23.4 Å². The van der Waals surface area contributed by atoms with Gasteiger partial charge in [-0.1, -0.05) is 25.4 Å². The zero-order valence-electron chi connectivity index (χ0n) is 9.27. The highest BCUT2D eigenvalue weighted by Crippen LogP contribution is 2.13. The summed E-state index contributed by atoms with van der Waals surface area (Å²) in [4.78, 5) is 15.0. The summed E-state index contributed by atoms with van der Waals surface area (Å²) < 4.78 is 0. The zero-order valence-corrected chi connectivity index (χ0v) is 10.0. The van der Waals surface area contributed by atoms with E-state index in [-0.39, 0.29) is 0 Å². The zero-order chi connectivity index (χ0) is 12.1. The average molecular weight is 243 g/mol. The van der Waals surface area contributed by atoms with Crippen molar-refractivity contribution in [2.75, 3.05) is 5.32 Å². The average Bonchev–Trinajstić information content (AvgIpc) is 2.19. The maximum absolute atomic E-state index is 11.0. The van der Waals surface area contributed by atoms with E-state index in [1.807, 2.05) is 13.8 Å². The number of halogens is 1. The molecule has 0 fully saturated rings. The Labute approximate surface area is 99.6 Å². The number of nitrogens with zero attached hydrogens (tertiary/aromatic N) is 1. The number of pyridine rings is 1. The van der Waals surface area contributed by atoms with Crippen molar-refractivity contribution in [3.63, 3.8) is 0 Å². The fraction of sp³-hybridized carbons (Fsp3) is 0.455. The number of rotatable bonds is 5. The molecule has 1 atom stereocenters. The molecule has 16 heavy (non-hydrogen) atoms. The largest absolute Gasteiger partial charge is 0.480 e. The third kappa shape index (κ3) is 4.06. The molecule has 5 heteroatoms. The van der Waals surface area contributed by atoms with Gasteiger partial charge < -0.3 is 10.4 Å². The number of carboxylic acids is 1. The predicted molar refractivity (Wildman–Crippen MR) is 63.7 cm³/mol. The van der Waals surface area contributed by atoms with Crippen LogP contribution in [-0.4, -0.2) is 22.1 Å². The first kappa shape index (κ1) is 12.8. The van der Waals surface area contributed by atoms with Crippen molar-refractivity contribution in [2.24, 2.45) is 5.92 Å². The molecule has 1 aromatic heterocycles. The van der Waals surface area contributed by atoms with Crippen molar-refractivity contribution in [1.82, 2.24) is 4.98 Å². The molecular formula is C11H15ClN2O2. The Balaban J connectivity index is 2.68. The Bertz CT molecular complexity index is 352. The van der Waals surface area contributed by atoms with Gasteiger partial charge in [-0.15, -0.1) is 0 Å². The monoisotopic (exact) mass is 242 g/mol. The highest BCUT2D eigenvalue weighted by atomic mass is 35.5. The number of aliphatic carboxylic acids is 1. The lowest BCUT2D eigenvalue weighted by Gasteiger charge is -2.16. The molecule has 1 heterocycles. The molecule has 2 N–H and O–H groups in total. The molecule has 0 saturated heterocycles. The number of carbonyl (C=O) groups is 1. The summed E-state index contributed by atoms with van der Waals surface area (Å²) in [5, 5.41) is 12.4. The van der Waals surface area contributed by atoms with Crippen LogP contribution in [0.4, 0.5) is 5.82 Å². The van der Waals surface area contributed by atoms with Crippen LogP contribution in [-0.2, 0) is 4.79 Å². The molecule has 0 aliphatic carbocycles. The fourth-order valence-corrected chi connectivity index (χ4v) is 1.44. The van der Waals surface area contributed by atoms with Crippen molar-refractivity contribution in [3.8, 4) is 0 Å². The second-order valence-electron chi connectivity index (χ2n) is 4.03. The molecule has 0 amide bonds. The Kier molecular flexibility index (Phi) is 4.55. The van der Waals surface area contributed by atoms with E-state index in [1.165, 1.54) is 6.20 Å². The van der Waals surface area contributed by atoms with Crippen LogP contribution in [0.25, 0.3) is 0 Å². The molecule has 4 nitrogen and oxygen atoms in total. The smallest absolute Gasteiger partial charge is 0.326 e. The van der Waals surface area contributed by atoms with E-state index in [2.05, 4.69) is 10.3 Å². The summed E-state index contributed by atoms with van der Waals surface area (Å²) in [7, 11) is 0. The Hall–Kier alpha value is -1.29. The summed E-state index contributed by atoms with van der Waals surface area (Å²) in [5.41, 5.74) is 0. The maximum Gasteiger partial charge on any atom is 0.326 e. The summed E-state index contributed by atoms with van der Waals surface area (Å²) >= 11 is 5.69. The van der Waals surface area contributed by atoms with Gasteiger partial charge in [0.2, 0.25) is 0 Å². The van der Waals surface area contributed by atoms with Crippen LogP contribution in [0, 0.1) is 5.92 Å². The molecule has 0 saturated carbocycles. The summed E-state index contributed by atoms with van der Waals surface area (Å²) in [6.07, 6.45) is 2.04. The van der Waals surface area contributed by atoms with Crippen LogP contribution in [0.15, 0.2) is 18.3 Å². The Morgan fingerprint density at radius 3 is 2.69 bits per heavy atom. The van der Waals surface area contributed by atoms with Crippen LogP contribution < -0.4 is 5.32 Å². The molecule has 88 valence electrons. The van der Waals surface area contributed by atoms with E-state index in [9.17, 15) is 4.79 Å². The van der Waals surface area contributed by atoms with Gasteiger partial charge in [-0.25, -0.2) is 9.78 Å². The molecule has 0 radical (unpaired) electrons. The second kappa shape index (κ2) is 5.70. The second-order valence-corrected chi connectivity index (χ2v) is 4.46. The number of hydrogen-bond acceptors (Lipinski definition) is 3. The molecule has 1 aromatic rings. The minimum Gasteiger partial charge on any atom is -0.480 e. The Morgan fingerprint density at radius 1 is 1.56 bits per heavy atom. The van der Waals surface area contributed by atoms with Gasteiger partial charge in [0.15, 0.2) is 0 Å². The lowest BCUT2D eigenvalue weighted by Crippen LogP contribution is -2.31. The van der Waals surface area contributed by atoms with E-state index >= 15 is 0 Å². The first-order chi connectivity index (χ1) is 7.49. The minimum absolute atomic E-state index is 0.306. The third-order valence-corrected chi connectivity index (χ3v) is 2.28. The van der Waals surface area contributed by atoms with Crippen molar-refractivity contribution in [2.45, 2.75) is 26.3 Å². The quantitative estimate of drug-likeness (QED) is 0.833. The minimum atomic E-state index is -0.870. The Morgan fingerprint density at radius 2 is 2.25 bits per heavy atom. The number of nitrogens with one attached hydrogen (secondary N) is 1. The first-order valence-corrected chi connectivity index (χ1v) is 5.47. The number of anilines is 1. The number of hydrogen-bond donors (Lipinski definition) is 2. The lowest BCUT2D eigenvalue weighted by atomic mass is 10.0. The van der Waals surface area contributed by atoms with Crippen LogP contribution in [0.5, 0.6) is 0 Å². The van der Waals surface area contributed by atoms with E-state index in [4.69, 9.17) is 16.7 Å². The lowest BCUT2D eigenvalue weighted by molar-refractivity contribution is -0.138. The van der Waals surface area contributed by atoms with Crippen LogP contribution >= 0.6 is 11.6 Å². The number of aromatic nitrogens is 1. The van der Waals surface area contributed by atoms with Crippen molar-refractivity contribution >= 4 is 23.4 Å². The van der Waals surface area contributed by atoms with Gasteiger partial charge in [0, 0.05) is 6.20 Å². The SMILES string of the molecule is CC(C)C[C@H](Nc1ccc(Cl)cn1)C(=O)O. The fourth-order valence-electron chi connectivity index (χ4n) is 1.33. The van der Waals surface area contributed by atoms with Gasteiger partial charge in [0.1, 0.15) is 11.9 Å². The standard InChI is InChI=1S/C11H15ClN2O2/c1-7(2)5-9(11(15)16)14-10-4-3-8(12)6-13-10/h3-4,6-7,9H,5H2,1-2H3,(H,13,14)(H,15,16)/t9-/m0/s1. The highest BCUT2D eigenvalue weighted by Gasteiger charge is 2.18. The maximum atomic E-state index is 11.0. The van der Waals surface area contributed by atoms with Crippen LogP contribution in [0.2, 0.25) is 5.02 Å². The number of carboxylic acid groups (broad SMARTS) is 1. The van der Waals surface area contributed by atoms with Crippen molar-refractivity contribution < 1.29 is 9.90 Å². The van der Waals surface area contributed by atoms with E-state index in [0.29, 0.717) is 23.2 Å². The van der Waals surface area contributed by atoms with Gasteiger partial charge in [-0.3, -0.25) is 0 Å². The van der Waals surface area contributed by atoms with Gasteiger partial charge in [-0.2, -0.15) is 0 Å². The first-order valence-electron chi connectivity index (χ1n) is 5.10. The third-order valence-electron chi connectivity index (χ3n) is 2.05. The molecule has 1 rings (SSSR count). The van der Waals surface area contributed by atoms with E-state index in [0.717, 1.165) is 0 Å². The van der Waals surface area contributed by atoms with E-state index in [1.54, 1.807) is 12.1 Å². The summed E-state index contributed by atoms with van der Waals surface area (Å²) in [6.45, 7) is 3.96. The molecule has 0 aliphatic heterocycles. The summed E-state index contributed by atoms with van der Waals surface area (Å²) in [6, 6.07) is 2.72. The highest BCUT2D eigenvalue weighted by molar-refractivity contribution is 6.30. The van der Waals surface area contributed by atoms with Gasteiger partial charge in [0.25, 0.3) is 0 Å². The molecule has 0 bridgehead atoms. The molecular weight excluding hydrogens is 228 g/mol. The normalized spacial score (nSPS) is 12.5.